The van der Waals surface area contributed by atoms with Gasteiger partial charge in [-0.1, -0.05) is 5.16 Å². The second kappa shape index (κ2) is 6.26. The third kappa shape index (κ3) is 4.04. The number of carboxylic acids is 1. The predicted molar refractivity (Wildman–Crippen MR) is 75.9 cm³/mol. The Balaban J connectivity index is 1.80. The zero-order chi connectivity index (χ0) is 15.5. The molecule has 0 saturated carbocycles. The monoisotopic (exact) mass is 295 g/mol. The number of carboxylic acid groups (broad SMARTS) is 1. The van der Waals surface area contributed by atoms with Gasteiger partial charge in [-0.3, -0.25) is 9.59 Å². The van der Waals surface area contributed by atoms with Gasteiger partial charge in [0.25, 0.3) is 0 Å². The normalized spacial score (nSPS) is 23.0. The molecule has 1 aliphatic heterocycles. The van der Waals surface area contributed by atoms with Crippen LogP contribution in [0.5, 0.6) is 0 Å². The lowest BCUT2D eigenvalue weighted by Gasteiger charge is -2.37. The van der Waals surface area contributed by atoms with Crippen LogP contribution in [0.4, 0.5) is 5.82 Å². The number of nitrogens with one attached hydrogen (secondary N) is 1. The van der Waals surface area contributed by atoms with Crippen LogP contribution in [-0.2, 0) is 9.59 Å². The van der Waals surface area contributed by atoms with Crippen molar-refractivity contribution in [3.05, 3.63) is 11.8 Å². The highest BCUT2D eigenvalue weighted by atomic mass is 16.5. The van der Waals surface area contributed by atoms with Gasteiger partial charge in [0.1, 0.15) is 5.76 Å². The molecule has 2 rings (SSSR count). The number of carbonyl (C=O) groups is 2. The number of aryl methyl sites for hydroxylation is 1. The van der Waals surface area contributed by atoms with E-state index in [-0.39, 0.29) is 5.91 Å². The minimum atomic E-state index is -0.769. The molecule has 0 radical (unpaired) electrons. The summed E-state index contributed by atoms with van der Waals surface area (Å²) in [5, 5.41) is 15.6. The number of carbonyl (C=O) groups excluding carboxylic acids is 1. The van der Waals surface area contributed by atoms with Gasteiger partial charge in [-0.05, 0) is 33.2 Å². The number of amides is 1. The molecule has 1 atom stereocenters. The highest BCUT2D eigenvalue weighted by Crippen LogP contribution is 2.29. The van der Waals surface area contributed by atoms with Gasteiger partial charge in [-0.15, -0.1) is 0 Å². The van der Waals surface area contributed by atoms with Crippen molar-refractivity contribution < 1.29 is 19.2 Å². The van der Waals surface area contributed by atoms with Crippen LogP contribution in [0.2, 0.25) is 0 Å². The van der Waals surface area contributed by atoms with Gasteiger partial charge in [0, 0.05) is 25.6 Å². The third-order valence-electron chi connectivity index (χ3n) is 3.84. The predicted octanol–water partition coefficient (Wildman–Crippen LogP) is 1.50. The maximum atomic E-state index is 11.8. The van der Waals surface area contributed by atoms with Crippen LogP contribution in [-0.4, -0.2) is 46.7 Å². The minimum Gasteiger partial charge on any atom is -0.481 e. The second-order valence-electron chi connectivity index (χ2n) is 5.87. The third-order valence-corrected chi connectivity index (χ3v) is 3.84. The molecule has 116 valence electrons. The standard InChI is InChI=1S/C14H21N3O4/c1-10-8-11(16-21-10)15-12(18)4-7-17-6-3-5-14(2,9-17)13(19)20/h8H,3-7,9H2,1-2H3,(H,19,20)(H,15,16,18). The molecule has 0 spiro atoms. The van der Waals surface area contributed by atoms with Crippen LogP contribution in [0, 0.1) is 12.3 Å². The number of hydrogen-bond acceptors (Lipinski definition) is 5. The van der Waals surface area contributed by atoms with E-state index >= 15 is 0 Å². The van der Waals surface area contributed by atoms with E-state index in [9.17, 15) is 14.7 Å². The van der Waals surface area contributed by atoms with Gasteiger partial charge in [-0.25, -0.2) is 0 Å². The molecule has 1 aromatic rings. The smallest absolute Gasteiger partial charge is 0.310 e. The van der Waals surface area contributed by atoms with E-state index < -0.39 is 11.4 Å². The molecule has 21 heavy (non-hydrogen) atoms. The van der Waals surface area contributed by atoms with Crippen LogP contribution in [0.15, 0.2) is 10.6 Å². The molecular formula is C14H21N3O4. The Morgan fingerprint density at radius 2 is 2.33 bits per heavy atom. The van der Waals surface area contributed by atoms with Crippen molar-refractivity contribution in [1.29, 1.82) is 0 Å². The SMILES string of the molecule is Cc1cc(NC(=O)CCN2CCCC(C)(C(=O)O)C2)no1. The van der Waals surface area contributed by atoms with E-state index in [2.05, 4.69) is 10.5 Å². The van der Waals surface area contributed by atoms with E-state index in [0.717, 1.165) is 13.0 Å². The van der Waals surface area contributed by atoms with Gasteiger partial charge < -0.3 is 19.8 Å². The van der Waals surface area contributed by atoms with Crippen molar-refractivity contribution >= 4 is 17.7 Å². The fourth-order valence-electron chi connectivity index (χ4n) is 2.60. The number of hydrogen-bond donors (Lipinski definition) is 2. The topological polar surface area (TPSA) is 95.7 Å². The number of aliphatic carboxylic acids is 1. The number of aromatic nitrogens is 1. The Labute approximate surface area is 123 Å². The Morgan fingerprint density at radius 1 is 1.57 bits per heavy atom. The summed E-state index contributed by atoms with van der Waals surface area (Å²) in [4.78, 5) is 25.1. The summed E-state index contributed by atoms with van der Waals surface area (Å²) >= 11 is 0. The average Bonchev–Trinajstić information content (AvgIpc) is 2.82. The molecule has 1 unspecified atom stereocenters. The van der Waals surface area contributed by atoms with Crippen LogP contribution >= 0.6 is 0 Å². The molecule has 7 nitrogen and oxygen atoms in total. The number of piperidine rings is 1. The summed E-state index contributed by atoms with van der Waals surface area (Å²) in [6.45, 7) is 5.38. The zero-order valence-electron chi connectivity index (χ0n) is 12.4. The minimum absolute atomic E-state index is 0.147. The van der Waals surface area contributed by atoms with Crippen molar-refractivity contribution in [2.24, 2.45) is 5.41 Å². The molecule has 0 aromatic carbocycles. The molecule has 7 heteroatoms. The quantitative estimate of drug-likeness (QED) is 0.854. The van der Waals surface area contributed by atoms with Gasteiger partial charge >= 0.3 is 5.97 Å². The van der Waals surface area contributed by atoms with E-state index in [1.54, 1.807) is 19.9 Å². The summed E-state index contributed by atoms with van der Waals surface area (Å²) in [6.07, 6.45) is 1.83. The van der Waals surface area contributed by atoms with Crippen molar-refractivity contribution in [2.45, 2.75) is 33.1 Å². The highest BCUT2D eigenvalue weighted by Gasteiger charge is 2.37. The zero-order valence-corrected chi connectivity index (χ0v) is 12.4. The lowest BCUT2D eigenvalue weighted by Crippen LogP contribution is -2.46. The van der Waals surface area contributed by atoms with Gasteiger partial charge in [0.15, 0.2) is 5.82 Å². The van der Waals surface area contributed by atoms with Gasteiger partial charge in [0.05, 0.1) is 5.41 Å². The first-order valence-corrected chi connectivity index (χ1v) is 7.08. The largest absolute Gasteiger partial charge is 0.481 e. The summed E-state index contributed by atoms with van der Waals surface area (Å²) < 4.78 is 4.87. The maximum absolute atomic E-state index is 11.8. The van der Waals surface area contributed by atoms with Crippen molar-refractivity contribution in [2.75, 3.05) is 25.0 Å². The van der Waals surface area contributed by atoms with Crippen molar-refractivity contribution in [3.63, 3.8) is 0 Å². The van der Waals surface area contributed by atoms with E-state index in [0.29, 0.717) is 37.5 Å². The van der Waals surface area contributed by atoms with E-state index in [1.165, 1.54) is 0 Å². The summed E-state index contributed by atoms with van der Waals surface area (Å²) in [7, 11) is 0. The van der Waals surface area contributed by atoms with Crippen LogP contribution in [0.25, 0.3) is 0 Å². The first kappa shape index (κ1) is 15.5. The number of nitrogens with zero attached hydrogens (tertiary/aromatic N) is 2. The summed E-state index contributed by atoms with van der Waals surface area (Å²) in [5.74, 6) is 0.130. The highest BCUT2D eigenvalue weighted by molar-refractivity contribution is 5.89. The molecule has 1 saturated heterocycles. The van der Waals surface area contributed by atoms with Crippen molar-refractivity contribution in [3.8, 4) is 0 Å². The Bertz CT molecular complexity index is 528. The molecule has 0 bridgehead atoms. The molecule has 1 aromatic heterocycles. The summed E-state index contributed by atoms with van der Waals surface area (Å²) in [6, 6.07) is 1.65. The van der Waals surface area contributed by atoms with Crippen LogP contribution < -0.4 is 5.32 Å². The van der Waals surface area contributed by atoms with Crippen LogP contribution in [0.3, 0.4) is 0 Å². The van der Waals surface area contributed by atoms with Gasteiger partial charge in [-0.2, -0.15) is 0 Å². The Hall–Kier alpha value is -1.89. The molecule has 2 N–H and O–H groups in total. The Kier molecular flexibility index (Phi) is 4.62. The average molecular weight is 295 g/mol. The fourth-order valence-corrected chi connectivity index (χ4v) is 2.60. The number of anilines is 1. The second-order valence-corrected chi connectivity index (χ2v) is 5.87. The van der Waals surface area contributed by atoms with E-state index in [1.807, 2.05) is 4.90 Å². The Morgan fingerprint density at radius 3 is 2.95 bits per heavy atom. The number of likely N-dealkylation sites (tertiary alicyclic amines) is 1. The molecular weight excluding hydrogens is 274 g/mol. The van der Waals surface area contributed by atoms with Gasteiger partial charge in [0.2, 0.25) is 5.91 Å². The first-order valence-electron chi connectivity index (χ1n) is 7.08. The molecule has 2 heterocycles. The molecule has 1 fully saturated rings. The van der Waals surface area contributed by atoms with E-state index in [4.69, 9.17) is 4.52 Å². The first-order chi connectivity index (χ1) is 9.89. The van der Waals surface area contributed by atoms with Crippen LogP contribution in [0.1, 0.15) is 31.9 Å². The summed E-state index contributed by atoms with van der Waals surface area (Å²) in [5.41, 5.74) is -0.710. The lowest BCUT2D eigenvalue weighted by atomic mass is 9.82. The fraction of sp³-hybridized carbons (Fsp3) is 0.643. The molecule has 1 amide bonds. The molecule has 0 aliphatic carbocycles. The number of rotatable bonds is 5. The maximum Gasteiger partial charge on any atom is 0.310 e. The molecule has 1 aliphatic rings. The van der Waals surface area contributed by atoms with Crippen molar-refractivity contribution in [1.82, 2.24) is 10.1 Å². The lowest BCUT2D eigenvalue weighted by molar-refractivity contribution is -0.151.